The predicted molar refractivity (Wildman–Crippen MR) is 78.6 cm³/mol. The molecule has 2 heterocycles. The Balaban J connectivity index is 2.17. The quantitative estimate of drug-likeness (QED) is 0.641. The van der Waals surface area contributed by atoms with Crippen molar-refractivity contribution in [3.05, 3.63) is 38.9 Å². The van der Waals surface area contributed by atoms with E-state index in [9.17, 15) is 14.9 Å². The minimum absolute atomic E-state index is 0.113. The van der Waals surface area contributed by atoms with Crippen molar-refractivity contribution >= 4 is 23.2 Å². The van der Waals surface area contributed by atoms with Crippen LogP contribution in [-0.4, -0.2) is 30.4 Å². The smallest absolute Gasteiger partial charge is 0.320 e. The van der Waals surface area contributed by atoms with Gasteiger partial charge in [0.05, 0.1) is 28.4 Å². The molecule has 0 aliphatic carbocycles. The molecule has 2 aromatic rings. The summed E-state index contributed by atoms with van der Waals surface area (Å²) in [6.07, 6.45) is 2.72. The number of halogens is 1. The fourth-order valence-electron chi connectivity index (χ4n) is 1.95. The molecule has 0 atom stereocenters. The Hall–Kier alpha value is -2.42. The Morgan fingerprint density at radius 3 is 2.77 bits per heavy atom. The maximum absolute atomic E-state index is 12.1. The minimum atomic E-state index is -0.628. The molecule has 9 nitrogen and oxygen atoms in total. The highest BCUT2D eigenvalue weighted by atomic mass is 35.5. The number of hydrogen-bond acceptors (Lipinski definition) is 5. The Labute approximate surface area is 131 Å². The lowest BCUT2D eigenvalue weighted by molar-refractivity contribution is -0.385. The molecule has 2 aromatic heterocycles. The van der Waals surface area contributed by atoms with Crippen LogP contribution < -0.4 is 5.32 Å². The van der Waals surface area contributed by atoms with Crippen molar-refractivity contribution in [2.45, 2.75) is 33.5 Å². The molecule has 0 unspecified atom stereocenters. The van der Waals surface area contributed by atoms with Crippen LogP contribution in [0.3, 0.4) is 0 Å². The van der Waals surface area contributed by atoms with Crippen molar-refractivity contribution < 1.29 is 9.72 Å². The van der Waals surface area contributed by atoms with E-state index < -0.39 is 10.8 Å². The average Bonchev–Trinajstić information content (AvgIpc) is 3.08. The minimum Gasteiger partial charge on any atom is -0.345 e. The molecule has 1 N–H and O–H groups in total. The van der Waals surface area contributed by atoms with Gasteiger partial charge in [0.1, 0.15) is 6.20 Å². The summed E-state index contributed by atoms with van der Waals surface area (Å²) in [4.78, 5) is 22.5. The van der Waals surface area contributed by atoms with Gasteiger partial charge in [0.15, 0.2) is 0 Å². The lowest BCUT2D eigenvalue weighted by atomic mass is 10.3. The van der Waals surface area contributed by atoms with E-state index in [0.717, 1.165) is 0 Å². The van der Waals surface area contributed by atoms with E-state index in [4.69, 9.17) is 11.6 Å². The lowest BCUT2D eigenvalue weighted by Crippen LogP contribution is -2.25. The first-order valence-corrected chi connectivity index (χ1v) is 7.05. The van der Waals surface area contributed by atoms with Crippen molar-refractivity contribution in [2.24, 2.45) is 0 Å². The number of nitrogens with zero attached hydrogens (tertiary/aromatic N) is 5. The Bertz CT molecular complexity index is 708. The van der Waals surface area contributed by atoms with Crippen LogP contribution in [0.4, 0.5) is 5.69 Å². The Morgan fingerprint density at radius 2 is 2.18 bits per heavy atom. The average molecular weight is 327 g/mol. The molecule has 0 aromatic carbocycles. The molecule has 0 bridgehead atoms. The van der Waals surface area contributed by atoms with E-state index in [1.807, 2.05) is 6.92 Å². The van der Waals surface area contributed by atoms with E-state index in [0.29, 0.717) is 23.8 Å². The monoisotopic (exact) mass is 326 g/mol. The van der Waals surface area contributed by atoms with E-state index in [1.54, 1.807) is 11.6 Å². The molecular formula is C12H15ClN6O3. The van der Waals surface area contributed by atoms with E-state index >= 15 is 0 Å². The first-order chi connectivity index (χ1) is 10.5. The number of carbonyl (C=O) groups is 1. The lowest BCUT2D eigenvalue weighted by Gasteiger charge is -2.06. The molecule has 0 fully saturated rings. The summed E-state index contributed by atoms with van der Waals surface area (Å²) in [7, 11) is 0. The molecule has 22 heavy (non-hydrogen) atoms. The Kier molecular flexibility index (Phi) is 4.76. The van der Waals surface area contributed by atoms with Crippen LogP contribution >= 0.6 is 11.6 Å². The molecule has 0 saturated heterocycles. The summed E-state index contributed by atoms with van der Waals surface area (Å²) in [6.45, 7) is 4.81. The molecular weight excluding hydrogens is 312 g/mol. The van der Waals surface area contributed by atoms with Crippen LogP contribution in [0.5, 0.6) is 0 Å². The molecule has 1 amide bonds. The SMILES string of the molecule is CCn1cc([N+](=O)[O-])c(C(=O)NCc2c(Cl)cnn2CC)n1. The second kappa shape index (κ2) is 6.56. The second-order valence-corrected chi connectivity index (χ2v) is 4.82. The topological polar surface area (TPSA) is 108 Å². The molecule has 0 aliphatic heterocycles. The van der Waals surface area contributed by atoms with Gasteiger partial charge < -0.3 is 5.32 Å². The van der Waals surface area contributed by atoms with E-state index in [-0.39, 0.29) is 17.9 Å². The van der Waals surface area contributed by atoms with Gasteiger partial charge in [-0.3, -0.25) is 24.3 Å². The normalized spacial score (nSPS) is 10.7. The number of aromatic nitrogens is 4. The van der Waals surface area contributed by atoms with Crippen LogP contribution in [0.25, 0.3) is 0 Å². The largest absolute Gasteiger partial charge is 0.345 e. The van der Waals surface area contributed by atoms with Crippen LogP contribution in [0, 0.1) is 10.1 Å². The van der Waals surface area contributed by atoms with Gasteiger partial charge >= 0.3 is 5.69 Å². The first-order valence-electron chi connectivity index (χ1n) is 6.68. The number of carbonyl (C=O) groups excluding carboxylic acids is 1. The van der Waals surface area contributed by atoms with Crippen LogP contribution in [0.1, 0.15) is 30.0 Å². The predicted octanol–water partition coefficient (Wildman–Crippen LogP) is 1.61. The van der Waals surface area contributed by atoms with Crippen molar-refractivity contribution in [3.63, 3.8) is 0 Å². The van der Waals surface area contributed by atoms with E-state index in [2.05, 4.69) is 15.5 Å². The van der Waals surface area contributed by atoms with Crippen LogP contribution in [-0.2, 0) is 19.6 Å². The first kappa shape index (κ1) is 16.0. The number of hydrogen-bond donors (Lipinski definition) is 1. The van der Waals surface area contributed by atoms with Gasteiger partial charge in [-0.05, 0) is 13.8 Å². The van der Waals surface area contributed by atoms with Gasteiger partial charge in [-0.25, -0.2) is 0 Å². The van der Waals surface area contributed by atoms with Crippen molar-refractivity contribution in [2.75, 3.05) is 0 Å². The van der Waals surface area contributed by atoms with Crippen LogP contribution in [0.2, 0.25) is 5.02 Å². The summed E-state index contributed by atoms with van der Waals surface area (Å²) in [5.74, 6) is -0.626. The van der Waals surface area contributed by atoms with Gasteiger partial charge in [0.25, 0.3) is 5.91 Å². The Morgan fingerprint density at radius 1 is 1.45 bits per heavy atom. The van der Waals surface area contributed by atoms with Gasteiger partial charge in [-0.15, -0.1) is 0 Å². The zero-order chi connectivity index (χ0) is 16.3. The molecule has 0 saturated carbocycles. The zero-order valence-corrected chi connectivity index (χ0v) is 12.9. The van der Waals surface area contributed by atoms with E-state index in [1.165, 1.54) is 17.1 Å². The van der Waals surface area contributed by atoms with Crippen LogP contribution in [0.15, 0.2) is 12.4 Å². The summed E-state index contributed by atoms with van der Waals surface area (Å²) >= 11 is 6.00. The highest BCUT2D eigenvalue weighted by Gasteiger charge is 2.25. The van der Waals surface area contributed by atoms with Gasteiger partial charge in [-0.2, -0.15) is 10.2 Å². The number of rotatable bonds is 6. The van der Waals surface area contributed by atoms with Crippen molar-refractivity contribution in [1.29, 1.82) is 0 Å². The van der Waals surface area contributed by atoms with Gasteiger partial charge in [-0.1, -0.05) is 11.6 Å². The fourth-order valence-corrected chi connectivity index (χ4v) is 2.16. The third-order valence-electron chi connectivity index (χ3n) is 3.09. The zero-order valence-electron chi connectivity index (χ0n) is 12.1. The molecule has 0 spiro atoms. The summed E-state index contributed by atoms with van der Waals surface area (Å²) in [6, 6.07) is 0. The molecule has 2 rings (SSSR count). The maximum Gasteiger partial charge on any atom is 0.320 e. The highest BCUT2D eigenvalue weighted by molar-refractivity contribution is 6.31. The highest BCUT2D eigenvalue weighted by Crippen LogP contribution is 2.18. The molecule has 0 aliphatic rings. The number of amides is 1. The summed E-state index contributed by atoms with van der Waals surface area (Å²) in [5, 5.41) is 22.0. The van der Waals surface area contributed by atoms with Gasteiger partial charge in [0, 0.05) is 13.1 Å². The second-order valence-electron chi connectivity index (χ2n) is 4.41. The fraction of sp³-hybridized carbons (Fsp3) is 0.417. The summed E-state index contributed by atoms with van der Waals surface area (Å²) in [5.41, 5.74) is 0.0927. The number of nitro groups is 1. The molecule has 0 radical (unpaired) electrons. The van der Waals surface area contributed by atoms with Gasteiger partial charge in [0.2, 0.25) is 5.69 Å². The maximum atomic E-state index is 12.1. The third-order valence-corrected chi connectivity index (χ3v) is 3.41. The molecule has 10 heteroatoms. The standard InChI is InChI=1S/C12H15ClN6O3/c1-3-17-7-10(19(21)22)11(16-17)12(20)14-6-9-8(13)5-15-18(9)4-2/h5,7H,3-4,6H2,1-2H3,(H,14,20). The third kappa shape index (κ3) is 3.08. The van der Waals surface area contributed by atoms with Crippen molar-refractivity contribution in [1.82, 2.24) is 24.9 Å². The number of nitrogens with one attached hydrogen (secondary N) is 1. The number of aryl methyl sites for hydroxylation is 2. The summed E-state index contributed by atoms with van der Waals surface area (Å²) < 4.78 is 2.98. The van der Waals surface area contributed by atoms with Crippen molar-refractivity contribution in [3.8, 4) is 0 Å². The molecule has 118 valence electrons.